The van der Waals surface area contributed by atoms with Crippen molar-refractivity contribution in [1.29, 1.82) is 0 Å². The van der Waals surface area contributed by atoms with Crippen LogP contribution in [-0.4, -0.2) is 27.6 Å². The summed E-state index contributed by atoms with van der Waals surface area (Å²) in [5.74, 6) is -0.207. The molecule has 2 rings (SSSR count). The molecule has 0 radical (unpaired) electrons. The lowest BCUT2D eigenvalue weighted by Gasteiger charge is -2.18. The first-order valence-electron chi connectivity index (χ1n) is 6.29. The number of carbonyl (C=O) groups is 1. The van der Waals surface area contributed by atoms with Crippen molar-refractivity contribution in [3.63, 3.8) is 0 Å². The molecule has 112 valence electrons. The maximum absolute atomic E-state index is 12.5. The molecule has 0 saturated heterocycles. The molecule has 0 fully saturated rings. The minimum Gasteiger partial charge on any atom is -0.395 e. The van der Waals surface area contributed by atoms with Gasteiger partial charge in [0.15, 0.2) is 0 Å². The van der Waals surface area contributed by atoms with Crippen LogP contribution in [0.1, 0.15) is 21.7 Å². The molecule has 1 aromatic carbocycles. The highest BCUT2D eigenvalue weighted by molar-refractivity contribution is 6.35. The van der Waals surface area contributed by atoms with Gasteiger partial charge in [-0.2, -0.15) is 5.10 Å². The van der Waals surface area contributed by atoms with Gasteiger partial charge in [0.2, 0.25) is 0 Å². The zero-order valence-electron chi connectivity index (χ0n) is 12.0. The van der Waals surface area contributed by atoms with Crippen LogP contribution in [0.2, 0.25) is 10.0 Å². The molecule has 0 unspecified atom stereocenters. The van der Waals surface area contributed by atoms with Gasteiger partial charge in [0, 0.05) is 30.7 Å². The molecule has 0 atom stereocenters. The van der Waals surface area contributed by atoms with Crippen molar-refractivity contribution in [3.8, 4) is 0 Å². The van der Waals surface area contributed by atoms with E-state index >= 15 is 0 Å². The highest BCUT2D eigenvalue weighted by Crippen LogP contribution is 2.23. The highest BCUT2D eigenvalue weighted by Gasteiger charge is 2.21. The average molecular weight is 327 g/mol. The summed E-state index contributed by atoms with van der Waals surface area (Å²) in [6.07, 6.45) is 0. The van der Waals surface area contributed by atoms with Gasteiger partial charge in [0.25, 0.3) is 5.91 Å². The molecule has 1 heterocycles. The van der Waals surface area contributed by atoms with Crippen molar-refractivity contribution in [3.05, 3.63) is 45.2 Å². The Labute approximate surface area is 133 Å². The van der Waals surface area contributed by atoms with Gasteiger partial charge in [-0.25, -0.2) is 0 Å². The molecule has 21 heavy (non-hydrogen) atoms. The second-order valence-electron chi connectivity index (χ2n) is 4.87. The number of amides is 1. The van der Waals surface area contributed by atoms with Crippen LogP contribution >= 0.6 is 23.2 Å². The highest BCUT2D eigenvalue weighted by atomic mass is 35.5. The summed E-state index contributed by atoms with van der Waals surface area (Å²) in [7, 11) is 3.38. The molecule has 0 aliphatic rings. The smallest absolute Gasteiger partial charge is 0.274 e. The van der Waals surface area contributed by atoms with Crippen molar-refractivity contribution in [2.24, 2.45) is 7.05 Å². The summed E-state index contributed by atoms with van der Waals surface area (Å²) < 4.78 is 1.49. The van der Waals surface area contributed by atoms with Crippen LogP contribution in [-0.2, 0) is 13.6 Å². The van der Waals surface area contributed by atoms with E-state index in [1.54, 1.807) is 44.1 Å². The number of nitrogen functional groups attached to an aromatic ring is 1. The van der Waals surface area contributed by atoms with E-state index in [-0.39, 0.29) is 5.91 Å². The Morgan fingerprint density at radius 1 is 1.43 bits per heavy atom. The number of halogens is 2. The first-order chi connectivity index (χ1) is 9.81. The summed E-state index contributed by atoms with van der Waals surface area (Å²) in [4.78, 5) is 14.0. The molecule has 5 nitrogen and oxygen atoms in total. The fourth-order valence-corrected chi connectivity index (χ4v) is 2.55. The molecule has 2 aromatic rings. The molecular weight excluding hydrogens is 311 g/mol. The predicted molar refractivity (Wildman–Crippen MR) is 84.6 cm³/mol. The van der Waals surface area contributed by atoms with Gasteiger partial charge in [-0.05, 0) is 24.6 Å². The molecule has 7 heteroatoms. The van der Waals surface area contributed by atoms with Gasteiger partial charge >= 0.3 is 0 Å². The minimum atomic E-state index is -0.207. The van der Waals surface area contributed by atoms with Crippen molar-refractivity contribution in [1.82, 2.24) is 14.7 Å². The van der Waals surface area contributed by atoms with Crippen LogP contribution in [0.5, 0.6) is 0 Å². The Morgan fingerprint density at radius 2 is 2.10 bits per heavy atom. The second kappa shape index (κ2) is 5.95. The summed E-state index contributed by atoms with van der Waals surface area (Å²) in [6.45, 7) is 2.13. The molecule has 0 spiro atoms. The fraction of sp³-hybridized carbons (Fsp3) is 0.286. The van der Waals surface area contributed by atoms with E-state index in [9.17, 15) is 4.79 Å². The van der Waals surface area contributed by atoms with Crippen LogP contribution in [0.3, 0.4) is 0 Å². The number of nitrogens with two attached hydrogens (primary N) is 1. The largest absolute Gasteiger partial charge is 0.395 e. The van der Waals surface area contributed by atoms with Crippen LogP contribution in [0.15, 0.2) is 18.2 Å². The van der Waals surface area contributed by atoms with E-state index in [2.05, 4.69) is 5.10 Å². The van der Waals surface area contributed by atoms with E-state index in [4.69, 9.17) is 28.9 Å². The number of aromatic nitrogens is 2. The summed E-state index contributed by atoms with van der Waals surface area (Å²) in [5, 5.41) is 5.23. The number of anilines is 1. The number of nitrogens with zero attached hydrogens (tertiary/aromatic N) is 3. The number of aryl methyl sites for hydroxylation is 2. The number of benzene rings is 1. The number of hydrogen-bond acceptors (Lipinski definition) is 3. The van der Waals surface area contributed by atoms with Gasteiger partial charge in [0.05, 0.1) is 11.4 Å². The molecule has 1 amide bonds. The average Bonchev–Trinajstić information content (AvgIpc) is 2.66. The van der Waals surface area contributed by atoms with E-state index < -0.39 is 0 Å². The molecule has 2 N–H and O–H groups in total. The van der Waals surface area contributed by atoms with E-state index in [1.807, 2.05) is 0 Å². The van der Waals surface area contributed by atoms with Gasteiger partial charge < -0.3 is 10.6 Å². The van der Waals surface area contributed by atoms with Crippen molar-refractivity contribution in [2.45, 2.75) is 13.5 Å². The third-order valence-corrected chi connectivity index (χ3v) is 3.83. The predicted octanol–water partition coefficient (Wildman–Crippen LogP) is 2.89. The molecule has 0 saturated carbocycles. The lowest BCUT2D eigenvalue weighted by molar-refractivity contribution is 0.0775. The molecular formula is C14H16Cl2N4O. The second-order valence-corrected chi connectivity index (χ2v) is 5.71. The lowest BCUT2D eigenvalue weighted by atomic mass is 10.2. The maximum Gasteiger partial charge on any atom is 0.274 e. The molecule has 1 aromatic heterocycles. The quantitative estimate of drug-likeness (QED) is 0.943. The standard InChI is InChI=1S/C14H16Cl2N4O/c1-8-12(17)13(20(3)18-8)14(21)19(2)7-9-4-5-10(15)6-11(9)16/h4-6H,7,17H2,1-3H3. The summed E-state index contributed by atoms with van der Waals surface area (Å²) in [5.41, 5.74) is 8.14. The minimum absolute atomic E-state index is 0.207. The van der Waals surface area contributed by atoms with Crippen LogP contribution in [0.25, 0.3) is 0 Å². The Balaban J connectivity index is 2.23. The fourth-order valence-electron chi connectivity index (χ4n) is 2.09. The number of rotatable bonds is 3. The topological polar surface area (TPSA) is 64.2 Å². The van der Waals surface area contributed by atoms with Crippen molar-refractivity contribution >= 4 is 34.8 Å². The lowest BCUT2D eigenvalue weighted by Crippen LogP contribution is -2.28. The maximum atomic E-state index is 12.5. The Kier molecular flexibility index (Phi) is 4.44. The SMILES string of the molecule is Cc1nn(C)c(C(=O)N(C)Cc2ccc(Cl)cc2Cl)c1N. The first kappa shape index (κ1) is 15.7. The van der Waals surface area contributed by atoms with Gasteiger partial charge in [-0.15, -0.1) is 0 Å². The zero-order valence-corrected chi connectivity index (χ0v) is 13.5. The van der Waals surface area contributed by atoms with E-state index in [0.717, 1.165) is 5.56 Å². The molecule has 0 aliphatic heterocycles. The van der Waals surface area contributed by atoms with Gasteiger partial charge in [-0.3, -0.25) is 9.48 Å². The van der Waals surface area contributed by atoms with E-state index in [1.165, 1.54) is 4.68 Å². The van der Waals surface area contributed by atoms with Crippen LogP contribution < -0.4 is 5.73 Å². The van der Waals surface area contributed by atoms with Crippen LogP contribution in [0, 0.1) is 6.92 Å². The Morgan fingerprint density at radius 3 is 2.62 bits per heavy atom. The van der Waals surface area contributed by atoms with Crippen molar-refractivity contribution in [2.75, 3.05) is 12.8 Å². The van der Waals surface area contributed by atoms with Crippen LogP contribution in [0.4, 0.5) is 5.69 Å². The summed E-state index contributed by atoms with van der Waals surface area (Å²) in [6, 6.07) is 5.19. The van der Waals surface area contributed by atoms with E-state index in [0.29, 0.717) is 33.7 Å². The van der Waals surface area contributed by atoms with Crippen molar-refractivity contribution < 1.29 is 4.79 Å². The Bertz CT molecular complexity index is 697. The van der Waals surface area contributed by atoms with Gasteiger partial charge in [-0.1, -0.05) is 29.3 Å². The first-order valence-corrected chi connectivity index (χ1v) is 7.05. The third-order valence-electron chi connectivity index (χ3n) is 3.24. The number of hydrogen-bond donors (Lipinski definition) is 1. The molecule has 0 bridgehead atoms. The Hall–Kier alpha value is -1.72. The summed E-state index contributed by atoms with van der Waals surface area (Å²) >= 11 is 12.0. The normalized spacial score (nSPS) is 10.7. The van der Waals surface area contributed by atoms with Gasteiger partial charge in [0.1, 0.15) is 5.69 Å². The molecule has 0 aliphatic carbocycles. The number of carbonyl (C=O) groups excluding carboxylic acids is 1. The monoisotopic (exact) mass is 326 g/mol. The zero-order chi connectivity index (χ0) is 15.7. The third kappa shape index (κ3) is 3.14.